The molecule has 4 nitrogen and oxygen atoms in total. The van der Waals surface area contributed by atoms with E-state index in [0.717, 1.165) is 37.1 Å². The number of ether oxygens (including phenoxy) is 3. The summed E-state index contributed by atoms with van der Waals surface area (Å²) in [5, 5.41) is 0. The molecule has 1 aromatic rings. The van der Waals surface area contributed by atoms with E-state index in [1.807, 2.05) is 6.07 Å². The van der Waals surface area contributed by atoms with Crippen LogP contribution in [0, 0.1) is 11.7 Å². The number of halogens is 1. The number of nitrogens with zero attached hydrogens (tertiary/aromatic N) is 1. The van der Waals surface area contributed by atoms with Gasteiger partial charge in [0.25, 0.3) is 0 Å². The molecular weight excluding hydrogens is 345 g/mol. The fourth-order valence-corrected chi connectivity index (χ4v) is 4.21. The number of fused-ring (bicyclic) bond motifs is 3. The zero-order valence-corrected chi connectivity index (χ0v) is 17.6. The van der Waals surface area contributed by atoms with Crippen molar-refractivity contribution in [3.63, 3.8) is 0 Å². The van der Waals surface area contributed by atoms with Gasteiger partial charge in [-0.15, -0.1) is 0 Å². The summed E-state index contributed by atoms with van der Waals surface area (Å²) in [5.41, 5.74) is 1.72. The van der Waals surface area contributed by atoms with Crippen LogP contribution in [0.25, 0.3) is 0 Å². The first-order valence-electron chi connectivity index (χ1n) is 10.1. The van der Waals surface area contributed by atoms with Crippen LogP contribution in [0.15, 0.2) is 6.07 Å². The van der Waals surface area contributed by atoms with Gasteiger partial charge in [0.05, 0.1) is 25.4 Å². The van der Waals surface area contributed by atoms with Crippen molar-refractivity contribution in [3.8, 4) is 11.5 Å². The van der Waals surface area contributed by atoms with Crippen LogP contribution in [0.1, 0.15) is 64.6 Å². The number of hydrogen-bond acceptors (Lipinski definition) is 4. The molecule has 1 fully saturated rings. The van der Waals surface area contributed by atoms with Crippen LogP contribution in [0.5, 0.6) is 11.5 Å². The Balaban J connectivity index is 1.84. The van der Waals surface area contributed by atoms with Crippen LogP contribution in [-0.2, 0) is 11.2 Å². The monoisotopic (exact) mass is 379 g/mol. The third kappa shape index (κ3) is 4.57. The predicted octanol–water partition coefficient (Wildman–Crippen LogP) is 4.75. The van der Waals surface area contributed by atoms with Crippen LogP contribution < -0.4 is 9.47 Å². The topological polar surface area (TPSA) is 30.9 Å². The van der Waals surface area contributed by atoms with Crippen molar-refractivity contribution in [3.05, 3.63) is 23.0 Å². The molecule has 0 spiro atoms. The highest BCUT2D eigenvalue weighted by Gasteiger charge is 2.37. The van der Waals surface area contributed by atoms with Gasteiger partial charge in [0, 0.05) is 19.1 Å². The van der Waals surface area contributed by atoms with Crippen molar-refractivity contribution in [2.45, 2.75) is 71.6 Å². The summed E-state index contributed by atoms with van der Waals surface area (Å²) in [5.74, 6) is 0.862. The average Bonchev–Trinajstić information content (AvgIpc) is 2.58. The lowest BCUT2D eigenvalue weighted by molar-refractivity contribution is -0.0972. The fraction of sp³-hybridized carbons (Fsp3) is 0.727. The van der Waals surface area contributed by atoms with Gasteiger partial charge in [-0.05, 0) is 63.1 Å². The molecular formula is C22H34FNO3. The maximum Gasteiger partial charge on any atom is 0.197 e. The van der Waals surface area contributed by atoms with Gasteiger partial charge in [-0.1, -0.05) is 13.8 Å². The molecule has 5 heteroatoms. The number of rotatable bonds is 5. The predicted molar refractivity (Wildman–Crippen MR) is 105 cm³/mol. The summed E-state index contributed by atoms with van der Waals surface area (Å²) in [6.45, 7) is 12.6. The Morgan fingerprint density at radius 2 is 2.00 bits per heavy atom. The fourth-order valence-electron chi connectivity index (χ4n) is 4.21. The molecule has 0 bridgehead atoms. The summed E-state index contributed by atoms with van der Waals surface area (Å²) in [7, 11) is 1.58. The van der Waals surface area contributed by atoms with E-state index in [0.29, 0.717) is 24.7 Å². The minimum atomic E-state index is -0.238. The van der Waals surface area contributed by atoms with E-state index in [1.165, 1.54) is 0 Å². The van der Waals surface area contributed by atoms with Gasteiger partial charge in [0.1, 0.15) is 0 Å². The van der Waals surface area contributed by atoms with E-state index in [2.05, 4.69) is 39.5 Å². The normalized spacial score (nSPS) is 23.1. The summed E-state index contributed by atoms with van der Waals surface area (Å²) in [6, 6.07) is 2.23. The largest absolute Gasteiger partial charge is 0.493 e. The van der Waals surface area contributed by atoms with Crippen molar-refractivity contribution in [1.82, 2.24) is 4.90 Å². The molecule has 1 aromatic carbocycles. The van der Waals surface area contributed by atoms with Crippen molar-refractivity contribution >= 4 is 0 Å². The molecule has 0 N–H and O–H groups in total. The molecule has 0 aromatic heterocycles. The number of benzene rings is 1. The maximum absolute atomic E-state index is 15.3. The SMILES string of the molecule is COc1cc2c(c(F)c1OCC(C)C)CCN1CC(OC(C)(C)C)CCC21. The van der Waals surface area contributed by atoms with Gasteiger partial charge in [-0.3, -0.25) is 4.90 Å². The van der Waals surface area contributed by atoms with E-state index in [9.17, 15) is 0 Å². The number of hydrogen-bond donors (Lipinski definition) is 0. The first-order chi connectivity index (χ1) is 12.7. The molecule has 2 aliphatic heterocycles. The van der Waals surface area contributed by atoms with Crippen molar-refractivity contribution in [1.29, 1.82) is 0 Å². The van der Waals surface area contributed by atoms with Gasteiger partial charge in [0.2, 0.25) is 0 Å². The molecule has 2 aliphatic rings. The smallest absolute Gasteiger partial charge is 0.197 e. The molecule has 1 saturated heterocycles. The first-order valence-corrected chi connectivity index (χ1v) is 10.1. The highest BCUT2D eigenvalue weighted by Crippen LogP contribution is 2.44. The van der Waals surface area contributed by atoms with E-state index in [4.69, 9.17) is 14.2 Å². The average molecular weight is 380 g/mol. The van der Waals surface area contributed by atoms with E-state index >= 15 is 4.39 Å². The number of piperidine rings is 1. The van der Waals surface area contributed by atoms with Crippen molar-refractivity contribution in [2.75, 3.05) is 26.8 Å². The second kappa shape index (κ2) is 7.96. The quantitative estimate of drug-likeness (QED) is 0.739. The highest BCUT2D eigenvalue weighted by atomic mass is 19.1. The highest BCUT2D eigenvalue weighted by molar-refractivity contribution is 5.51. The maximum atomic E-state index is 15.3. The minimum Gasteiger partial charge on any atom is -0.493 e. The Bertz CT molecular complexity index is 669. The molecule has 2 unspecified atom stereocenters. The third-order valence-electron chi connectivity index (χ3n) is 5.27. The Morgan fingerprint density at radius 1 is 1.26 bits per heavy atom. The Morgan fingerprint density at radius 3 is 2.63 bits per heavy atom. The van der Waals surface area contributed by atoms with Crippen LogP contribution >= 0.6 is 0 Å². The van der Waals surface area contributed by atoms with Crippen LogP contribution in [0.4, 0.5) is 4.39 Å². The standard InChI is InChI=1S/C22H34FNO3/c1-14(2)13-26-21-19(25-6)11-17-16(20(21)23)9-10-24-12-15(7-8-18(17)24)27-22(3,4)5/h11,14-15,18H,7-10,12-13H2,1-6H3. The van der Waals surface area contributed by atoms with Crippen LogP contribution in [-0.4, -0.2) is 43.4 Å². The van der Waals surface area contributed by atoms with Gasteiger partial charge in [-0.2, -0.15) is 0 Å². The summed E-state index contributed by atoms with van der Waals surface area (Å²) in [6.07, 6.45) is 2.90. The van der Waals surface area contributed by atoms with Crippen molar-refractivity contribution < 1.29 is 18.6 Å². The molecule has 27 heavy (non-hydrogen) atoms. The molecule has 3 rings (SSSR count). The third-order valence-corrected chi connectivity index (χ3v) is 5.27. The molecule has 2 atom stereocenters. The first kappa shape index (κ1) is 20.4. The molecule has 0 saturated carbocycles. The molecule has 152 valence electrons. The van der Waals surface area contributed by atoms with Crippen LogP contribution in [0.2, 0.25) is 0 Å². The van der Waals surface area contributed by atoms with Gasteiger partial charge < -0.3 is 14.2 Å². The van der Waals surface area contributed by atoms with Gasteiger partial charge in [0.15, 0.2) is 17.3 Å². The second-order valence-electron chi connectivity index (χ2n) is 9.18. The Hall–Kier alpha value is -1.33. The lowest BCUT2D eigenvalue weighted by Gasteiger charge is -2.45. The van der Waals surface area contributed by atoms with Gasteiger partial charge in [-0.25, -0.2) is 4.39 Å². The molecule has 0 amide bonds. The summed E-state index contributed by atoms with van der Waals surface area (Å²) in [4.78, 5) is 2.44. The number of methoxy groups -OCH3 is 1. The molecule has 2 heterocycles. The van der Waals surface area contributed by atoms with E-state index in [-0.39, 0.29) is 29.3 Å². The zero-order chi connectivity index (χ0) is 19.8. The van der Waals surface area contributed by atoms with Crippen molar-refractivity contribution in [2.24, 2.45) is 5.92 Å². The molecule has 0 radical (unpaired) electrons. The minimum absolute atomic E-state index is 0.136. The Kier molecular flexibility index (Phi) is 6.02. The van der Waals surface area contributed by atoms with E-state index in [1.54, 1.807) is 7.11 Å². The van der Waals surface area contributed by atoms with E-state index < -0.39 is 0 Å². The summed E-state index contributed by atoms with van der Waals surface area (Å²) >= 11 is 0. The van der Waals surface area contributed by atoms with Gasteiger partial charge >= 0.3 is 0 Å². The lowest BCUT2D eigenvalue weighted by Crippen LogP contribution is -2.47. The lowest BCUT2D eigenvalue weighted by atomic mass is 9.85. The second-order valence-corrected chi connectivity index (χ2v) is 9.18. The zero-order valence-electron chi connectivity index (χ0n) is 17.6. The summed E-state index contributed by atoms with van der Waals surface area (Å²) < 4.78 is 32.7. The Labute approximate surface area is 163 Å². The molecule has 0 aliphatic carbocycles. The van der Waals surface area contributed by atoms with Crippen LogP contribution in [0.3, 0.4) is 0 Å².